The Morgan fingerprint density at radius 2 is 2.07 bits per heavy atom. The van der Waals surface area contributed by atoms with E-state index >= 15 is 0 Å². The molecule has 0 aromatic heterocycles. The van der Waals surface area contributed by atoms with Gasteiger partial charge in [-0.1, -0.05) is 42.8 Å². The van der Waals surface area contributed by atoms with Crippen LogP contribution in [0.25, 0.3) is 0 Å². The van der Waals surface area contributed by atoms with E-state index in [1.54, 1.807) is 0 Å². The average molecular weight is 432 g/mol. The molecule has 2 aromatic carbocycles. The summed E-state index contributed by atoms with van der Waals surface area (Å²) >= 11 is 5.72. The van der Waals surface area contributed by atoms with E-state index in [0.717, 1.165) is 29.0 Å². The van der Waals surface area contributed by atoms with Crippen LogP contribution in [0.15, 0.2) is 41.5 Å². The lowest BCUT2D eigenvalue weighted by molar-refractivity contribution is -0.132. The molecule has 0 saturated carbocycles. The van der Waals surface area contributed by atoms with Gasteiger partial charge < -0.3 is 10.4 Å². The van der Waals surface area contributed by atoms with Crippen LogP contribution in [-0.4, -0.2) is 34.2 Å². The molecule has 0 unspecified atom stereocenters. The molecule has 30 heavy (non-hydrogen) atoms. The zero-order valence-corrected chi connectivity index (χ0v) is 17.5. The first-order valence-electron chi connectivity index (χ1n) is 9.71. The largest absolute Gasteiger partial charge is 0.506 e. The Bertz CT molecular complexity index is 1010. The molecule has 0 bridgehead atoms. The third kappa shape index (κ3) is 4.62. The third-order valence-electron chi connectivity index (χ3n) is 5.14. The molecule has 0 fully saturated rings. The summed E-state index contributed by atoms with van der Waals surface area (Å²) in [5.41, 5.74) is 2.63. The van der Waals surface area contributed by atoms with Crippen LogP contribution >= 0.6 is 11.6 Å². The third-order valence-corrected chi connectivity index (χ3v) is 5.43. The first-order valence-corrected chi connectivity index (χ1v) is 10.1. The molecule has 1 heterocycles. The fourth-order valence-electron chi connectivity index (χ4n) is 3.43. The summed E-state index contributed by atoms with van der Waals surface area (Å²) < 4.78 is 13.5. The van der Waals surface area contributed by atoms with Crippen LogP contribution in [0.5, 0.6) is 5.75 Å². The van der Waals surface area contributed by atoms with Crippen molar-refractivity contribution < 1.29 is 19.1 Å². The van der Waals surface area contributed by atoms with E-state index in [-0.39, 0.29) is 23.0 Å². The Morgan fingerprint density at radius 3 is 2.77 bits per heavy atom. The number of hydrogen-bond acceptors (Lipinski definition) is 4. The molecule has 2 N–H and O–H groups in total. The van der Waals surface area contributed by atoms with Crippen LogP contribution in [-0.2, 0) is 11.3 Å². The molecule has 1 aliphatic rings. The van der Waals surface area contributed by atoms with Gasteiger partial charge in [0.15, 0.2) is 0 Å². The molecule has 2 aromatic rings. The molecule has 6 nitrogen and oxygen atoms in total. The van der Waals surface area contributed by atoms with Crippen LogP contribution in [0.4, 0.5) is 4.39 Å². The van der Waals surface area contributed by atoms with E-state index in [9.17, 15) is 19.1 Å². The first kappa shape index (κ1) is 21.8. The van der Waals surface area contributed by atoms with Crippen molar-refractivity contribution in [3.63, 3.8) is 0 Å². The number of hydrazone groups is 1. The topological polar surface area (TPSA) is 82.0 Å². The quantitative estimate of drug-likeness (QED) is 0.694. The van der Waals surface area contributed by atoms with Crippen LogP contribution < -0.4 is 5.32 Å². The second kappa shape index (κ2) is 9.26. The Balaban J connectivity index is 1.63. The number of aromatic hydroxyl groups is 1. The molecule has 158 valence electrons. The summed E-state index contributed by atoms with van der Waals surface area (Å²) in [5.74, 6) is -2.40. The zero-order valence-electron chi connectivity index (χ0n) is 16.8. The Kier molecular flexibility index (Phi) is 6.72. The molecule has 0 saturated heterocycles. The summed E-state index contributed by atoms with van der Waals surface area (Å²) in [6, 6.07) is 9.67. The maximum absolute atomic E-state index is 13.5. The van der Waals surface area contributed by atoms with Gasteiger partial charge in [-0.15, -0.1) is 0 Å². The number of rotatable bonds is 7. The van der Waals surface area contributed by atoms with Crippen molar-refractivity contribution >= 4 is 29.1 Å². The van der Waals surface area contributed by atoms with Crippen molar-refractivity contribution in [2.45, 2.75) is 33.2 Å². The molecular weight excluding hydrogens is 409 g/mol. The summed E-state index contributed by atoms with van der Waals surface area (Å²) in [5, 5.41) is 18.2. The second-order valence-electron chi connectivity index (χ2n) is 7.15. The Morgan fingerprint density at radius 1 is 1.33 bits per heavy atom. The van der Waals surface area contributed by atoms with E-state index in [1.807, 2.05) is 38.1 Å². The fraction of sp³-hybridized carbons (Fsp3) is 0.318. The zero-order chi connectivity index (χ0) is 21.8. The first-order chi connectivity index (χ1) is 14.3. The Hall–Kier alpha value is -2.93. The van der Waals surface area contributed by atoms with E-state index in [2.05, 4.69) is 10.4 Å². The highest BCUT2D eigenvalue weighted by atomic mass is 35.5. The fourth-order valence-corrected chi connectivity index (χ4v) is 3.64. The Labute approximate surface area is 179 Å². The van der Waals surface area contributed by atoms with Gasteiger partial charge in [-0.2, -0.15) is 5.10 Å². The van der Waals surface area contributed by atoms with E-state index in [4.69, 9.17) is 11.6 Å². The molecule has 8 heteroatoms. The number of phenolic OH excluding ortho intramolecular Hbond substituents is 1. The van der Waals surface area contributed by atoms with Crippen molar-refractivity contribution in [2.24, 2.45) is 11.0 Å². The van der Waals surface area contributed by atoms with Gasteiger partial charge >= 0.3 is 0 Å². The van der Waals surface area contributed by atoms with Crippen molar-refractivity contribution in [3.8, 4) is 5.75 Å². The summed E-state index contributed by atoms with van der Waals surface area (Å²) in [7, 11) is 0. The molecule has 0 aliphatic carbocycles. The number of amides is 2. The summed E-state index contributed by atoms with van der Waals surface area (Å²) in [6.07, 6.45) is 0.972. The maximum atomic E-state index is 13.5. The van der Waals surface area contributed by atoms with Crippen LogP contribution in [0.3, 0.4) is 0 Å². The number of carbonyl (C=O) groups excluding carboxylic acids is 2. The highest BCUT2D eigenvalue weighted by molar-refractivity contribution is 6.32. The number of carbonyl (C=O) groups is 2. The van der Waals surface area contributed by atoms with Gasteiger partial charge in [0.25, 0.3) is 11.8 Å². The van der Waals surface area contributed by atoms with Crippen molar-refractivity contribution in [1.82, 2.24) is 10.3 Å². The summed E-state index contributed by atoms with van der Waals surface area (Å²) in [6.45, 7) is 4.48. The molecule has 3 rings (SSSR count). The minimum atomic E-state index is -0.721. The molecule has 0 radical (unpaired) electrons. The van der Waals surface area contributed by atoms with E-state index in [1.165, 1.54) is 5.01 Å². The minimum Gasteiger partial charge on any atom is -0.506 e. The lowest BCUT2D eigenvalue weighted by atomic mass is 9.97. The number of halogens is 2. The number of phenols is 1. The standard InChI is InChI=1S/C22H23ClFN3O3/c1-3-19-16(22(30)27(26-19)12-14-7-5-4-6-13(14)2)8-9-25-21(29)17-10-15(24)11-18(23)20(17)28/h4-7,10-11,16,28H,3,8-9,12H2,1-2H3,(H,25,29)/t16-/m0/s1. The number of benzene rings is 2. The number of hydrogen-bond donors (Lipinski definition) is 2. The number of nitrogens with one attached hydrogen (secondary N) is 1. The molecule has 2 amide bonds. The van der Waals surface area contributed by atoms with Crippen LogP contribution in [0, 0.1) is 18.7 Å². The molecule has 1 atom stereocenters. The number of nitrogens with zero attached hydrogens (tertiary/aromatic N) is 2. The van der Waals surface area contributed by atoms with Gasteiger partial charge in [0.2, 0.25) is 0 Å². The molecular formula is C22H23ClFN3O3. The van der Waals surface area contributed by atoms with Gasteiger partial charge in [0.05, 0.1) is 28.8 Å². The summed E-state index contributed by atoms with van der Waals surface area (Å²) in [4.78, 5) is 25.2. The predicted molar refractivity (Wildman–Crippen MR) is 113 cm³/mol. The van der Waals surface area contributed by atoms with Crippen LogP contribution in [0.2, 0.25) is 5.02 Å². The van der Waals surface area contributed by atoms with E-state index in [0.29, 0.717) is 19.4 Å². The monoisotopic (exact) mass is 431 g/mol. The van der Waals surface area contributed by atoms with Gasteiger partial charge in [-0.3, -0.25) is 9.59 Å². The van der Waals surface area contributed by atoms with Crippen molar-refractivity contribution in [1.29, 1.82) is 0 Å². The van der Waals surface area contributed by atoms with Gasteiger partial charge in [-0.25, -0.2) is 9.40 Å². The second-order valence-corrected chi connectivity index (χ2v) is 7.56. The highest BCUT2D eigenvalue weighted by Gasteiger charge is 2.34. The van der Waals surface area contributed by atoms with E-state index < -0.39 is 23.4 Å². The van der Waals surface area contributed by atoms with Crippen molar-refractivity contribution in [3.05, 3.63) is 63.9 Å². The molecule has 1 aliphatic heterocycles. The SMILES string of the molecule is CCC1=NN(Cc2ccccc2C)C(=O)[C@H]1CCNC(=O)c1cc(F)cc(Cl)c1O. The normalized spacial score (nSPS) is 16.0. The van der Waals surface area contributed by atoms with Gasteiger partial charge in [0.1, 0.15) is 11.6 Å². The van der Waals surface area contributed by atoms with Crippen molar-refractivity contribution in [2.75, 3.05) is 6.54 Å². The van der Waals surface area contributed by atoms with Crippen LogP contribution in [0.1, 0.15) is 41.3 Å². The average Bonchev–Trinajstić information content (AvgIpc) is 3.01. The lowest BCUT2D eigenvalue weighted by Gasteiger charge is -2.16. The highest BCUT2D eigenvalue weighted by Crippen LogP contribution is 2.29. The minimum absolute atomic E-state index is 0.110. The number of aryl methyl sites for hydroxylation is 1. The maximum Gasteiger partial charge on any atom is 0.255 e. The van der Waals surface area contributed by atoms with Gasteiger partial charge in [-0.05, 0) is 43.0 Å². The predicted octanol–water partition coefficient (Wildman–Crippen LogP) is 4.04. The van der Waals surface area contributed by atoms with Gasteiger partial charge in [0, 0.05) is 6.54 Å². The molecule has 0 spiro atoms. The lowest BCUT2D eigenvalue weighted by Crippen LogP contribution is -2.32. The smallest absolute Gasteiger partial charge is 0.255 e.